The van der Waals surface area contributed by atoms with Crippen molar-refractivity contribution < 1.29 is 37.3 Å². The van der Waals surface area contributed by atoms with Crippen LogP contribution in [0.5, 0.6) is 0 Å². The van der Waals surface area contributed by atoms with Gasteiger partial charge in [-0.15, -0.1) is 0 Å². The second-order valence-corrected chi connectivity index (χ2v) is 0. The van der Waals surface area contributed by atoms with E-state index >= 15 is 0 Å². The van der Waals surface area contributed by atoms with Crippen LogP contribution in [0.3, 0.4) is 0 Å². The molecule has 0 saturated carbocycles. The van der Waals surface area contributed by atoms with E-state index in [2.05, 4.69) is 0 Å². The molecule has 1 nitrogen and oxygen atoms in total. The van der Waals surface area contributed by atoms with Gasteiger partial charge >= 0.3 is 55.1 Å². The summed E-state index contributed by atoms with van der Waals surface area (Å²) < 4.78 is 8.34. The van der Waals surface area contributed by atoms with Crippen molar-refractivity contribution in [2.75, 3.05) is 0 Å². The summed E-state index contributed by atoms with van der Waals surface area (Å²) in [5, 5.41) is 0. The van der Waals surface area contributed by atoms with Crippen LogP contribution in [0.1, 0.15) is 0 Å². The van der Waals surface area contributed by atoms with Crippen LogP contribution in [-0.2, 0) is 3.08 Å². The third-order valence-corrected chi connectivity index (χ3v) is 0. The summed E-state index contributed by atoms with van der Waals surface area (Å²) >= 11 is 0.300. The maximum atomic E-state index is 8.34. The van der Waals surface area contributed by atoms with Gasteiger partial charge in [-0.3, -0.25) is 0 Å². The molecule has 0 fully saturated rings. The van der Waals surface area contributed by atoms with E-state index in [-0.39, 0.29) is 34.3 Å². The molecule has 2 radical (unpaired) electrons. The van der Waals surface area contributed by atoms with Crippen LogP contribution < -0.4 is 34.3 Å². The fourth-order valence-corrected chi connectivity index (χ4v) is 0. The summed E-state index contributed by atoms with van der Waals surface area (Å²) in [5.41, 5.74) is 0. The van der Waals surface area contributed by atoms with Crippen molar-refractivity contribution in [2.45, 2.75) is 0 Å². The van der Waals surface area contributed by atoms with Crippen molar-refractivity contribution in [3.8, 4) is 0 Å². The Balaban J connectivity index is -0.00000000500. The zero-order valence-corrected chi connectivity index (χ0v) is 7.14. The fourth-order valence-electron chi connectivity index (χ4n) is 0. The molecule has 0 aromatic carbocycles. The molecular formula is FNaOSn. The van der Waals surface area contributed by atoms with Gasteiger partial charge in [-0.05, 0) is 0 Å². The Kier molecular flexibility index (Phi) is 107. The van der Waals surface area contributed by atoms with Crippen LogP contribution in [-0.4, -0.2) is 22.5 Å². The number of rotatable bonds is 0. The van der Waals surface area contributed by atoms with Crippen molar-refractivity contribution in [1.82, 2.24) is 0 Å². The first kappa shape index (κ1) is 17.7. The molecule has 0 aromatic heterocycles. The van der Waals surface area contributed by atoms with Gasteiger partial charge in [0, 0.05) is 0 Å². The molecule has 0 amide bonds. The third kappa shape index (κ3) is 9.66. The summed E-state index contributed by atoms with van der Waals surface area (Å²) in [5.74, 6) is 0. The van der Waals surface area contributed by atoms with Gasteiger partial charge in [0.05, 0.1) is 0 Å². The molecule has 4 heavy (non-hydrogen) atoms. The molecular weight excluding hydrogens is 177 g/mol. The Labute approximate surface area is 59.3 Å². The van der Waals surface area contributed by atoms with E-state index in [4.69, 9.17) is 3.08 Å². The normalized spacial score (nSPS) is 1.00. The van der Waals surface area contributed by atoms with E-state index in [1.807, 2.05) is 0 Å². The minimum atomic E-state index is 0. The van der Waals surface area contributed by atoms with Crippen LogP contribution in [0.25, 0.3) is 0 Å². The Hall–Kier alpha value is 1.53. The monoisotopic (exact) mass is 178 g/mol. The standard InChI is InChI=1S/FH.Na.O.Sn/h1H;;;/q;+1;;/p-1. The van der Waals surface area contributed by atoms with Gasteiger partial charge in [0.15, 0.2) is 0 Å². The van der Waals surface area contributed by atoms with E-state index in [1.54, 1.807) is 0 Å². The molecule has 0 bridgehead atoms. The van der Waals surface area contributed by atoms with Gasteiger partial charge in [-0.1, -0.05) is 0 Å². The number of hydrogen-bond donors (Lipinski definition) is 0. The molecule has 0 aliphatic heterocycles. The molecule has 0 spiro atoms. The van der Waals surface area contributed by atoms with Crippen LogP contribution in [0, 0.1) is 0 Å². The summed E-state index contributed by atoms with van der Waals surface area (Å²) in [6.07, 6.45) is 0. The van der Waals surface area contributed by atoms with Gasteiger partial charge in [0.2, 0.25) is 0 Å². The first-order valence-corrected chi connectivity index (χ1v) is 1.37. The molecule has 0 rings (SSSR count). The molecule has 0 aliphatic rings. The van der Waals surface area contributed by atoms with Gasteiger partial charge in [0.1, 0.15) is 0 Å². The van der Waals surface area contributed by atoms with E-state index in [1.165, 1.54) is 0 Å². The molecule has 0 unspecified atom stereocenters. The predicted octanol–water partition coefficient (Wildman–Crippen LogP) is -6.49. The third-order valence-electron chi connectivity index (χ3n) is 0. The van der Waals surface area contributed by atoms with Gasteiger partial charge in [-0.25, -0.2) is 0 Å². The first-order valence-electron chi connectivity index (χ1n) is 0.204. The molecule has 18 valence electrons. The van der Waals surface area contributed by atoms with Gasteiger partial charge < -0.3 is 4.70 Å². The Morgan fingerprint density at radius 1 is 1.25 bits per heavy atom. The van der Waals surface area contributed by atoms with Gasteiger partial charge in [-0.2, -0.15) is 0 Å². The maximum absolute atomic E-state index is 8.34. The topological polar surface area (TPSA) is 17.1 Å². The van der Waals surface area contributed by atoms with E-state index < -0.39 is 0 Å². The number of hydrogen-bond acceptors (Lipinski definition) is 1. The van der Waals surface area contributed by atoms with Crippen LogP contribution in [0.2, 0.25) is 0 Å². The second-order valence-electron chi connectivity index (χ2n) is 0. The molecule has 0 aliphatic carbocycles. The molecule has 4 heteroatoms. The fraction of sp³-hybridized carbons (Fsp3) is 0. The van der Waals surface area contributed by atoms with Gasteiger partial charge in [0.25, 0.3) is 0 Å². The quantitative estimate of drug-likeness (QED) is 0.336. The van der Waals surface area contributed by atoms with Crippen molar-refractivity contribution in [3.05, 3.63) is 0 Å². The predicted molar refractivity (Wildman–Crippen MR) is 6.44 cm³/mol. The molecule has 0 saturated heterocycles. The van der Waals surface area contributed by atoms with E-state index in [9.17, 15) is 0 Å². The average Bonchev–Trinajstić information content (AvgIpc) is 1.00. The Morgan fingerprint density at radius 3 is 1.25 bits per heavy atom. The summed E-state index contributed by atoms with van der Waals surface area (Å²) in [7, 11) is 0. The summed E-state index contributed by atoms with van der Waals surface area (Å²) in [4.78, 5) is 0. The van der Waals surface area contributed by atoms with Crippen molar-refractivity contribution >= 4 is 22.5 Å². The molecule has 0 atom stereocenters. The minimum absolute atomic E-state index is 0. The van der Waals surface area contributed by atoms with Crippen LogP contribution >= 0.6 is 0 Å². The molecule has 0 heterocycles. The molecule has 0 aromatic rings. The zero-order valence-electron chi connectivity index (χ0n) is 2.29. The van der Waals surface area contributed by atoms with E-state index in [0.717, 1.165) is 0 Å². The van der Waals surface area contributed by atoms with Crippen LogP contribution in [0.15, 0.2) is 0 Å². The van der Waals surface area contributed by atoms with Crippen LogP contribution in [0.4, 0.5) is 0 Å². The number of halogens is 1. The van der Waals surface area contributed by atoms with Crippen molar-refractivity contribution in [2.24, 2.45) is 0 Å². The summed E-state index contributed by atoms with van der Waals surface area (Å²) in [6.45, 7) is 0. The Morgan fingerprint density at radius 2 is 1.25 bits per heavy atom. The Bertz CT molecular complexity index is 8.00. The second kappa shape index (κ2) is 24.1. The zero-order chi connectivity index (χ0) is 2.00. The first-order chi connectivity index (χ1) is 1.00. The van der Waals surface area contributed by atoms with E-state index in [0.29, 0.717) is 22.5 Å². The summed E-state index contributed by atoms with van der Waals surface area (Å²) in [6, 6.07) is 0. The van der Waals surface area contributed by atoms with Crippen molar-refractivity contribution in [3.63, 3.8) is 0 Å². The SMILES string of the molecule is [F-].[Na+].[O]=[Sn]. The average molecular weight is 177 g/mol. The van der Waals surface area contributed by atoms with Crippen molar-refractivity contribution in [1.29, 1.82) is 0 Å². The molecule has 0 N–H and O–H groups in total.